The molecule has 1 fully saturated rings. The number of nitrogens with zero attached hydrogens (tertiary/aromatic N) is 1. The lowest BCUT2D eigenvalue weighted by molar-refractivity contribution is -0.139. The molecule has 0 aliphatic carbocycles. The van der Waals surface area contributed by atoms with E-state index in [0.717, 1.165) is 11.0 Å². The topological polar surface area (TPSA) is 57.6 Å². The molecule has 1 heterocycles. The zero-order chi connectivity index (χ0) is 14.9. The van der Waals surface area contributed by atoms with Crippen LogP contribution in [0.5, 0.6) is 0 Å². The number of carbonyl (C=O) groups excluding carboxylic acids is 1. The average molecular weight is 287 g/mol. The molecule has 108 valence electrons. The van der Waals surface area contributed by atoms with Gasteiger partial charge in [-0.2, -0.15) is 0 Å². The summed E-state index contributed by atoms with van der Waals surface area (Å²) in [6.07, 6.45) is 0.215. The molecule has 1 aliphatic heterocycles. The Morgan fingerprint density at radius 2 is 2.05 bits per heavy atom. The molecule has 0 aromatic heterocycles. The minimum atomic E-state index is -1.33. The van der Waals surface area contributed by atoms with Crippen LogP contribution in [0.25, 0.3) is 0 Å². The van der Waals surface area contributed by atoms with E-state index in [1.165, 1.54) is 0 Å². The highest BCUT2D eigenvalue weighted by molar-refractivity contribution is 5.80. The quantitative estimate of drug-likeness (QED) is 0.862. The molecule has 2 rings (SSSR count). The SMILES string of the molecule is O=C(O)CC1CCC(=O)N1Cc1cc(F)cc(F)c1F. The van der Waals surface area contributed by atoms with Crippen LogP contribution in [0.2, 0.25) is 0 Å². The highest BCUT2D eigenvalue weighted by Gasteiger charge is 2.33. The van der Waals surface area contributed by atoms with E-state index < -0.39 is 29.5 Å². The lowest BCUT2D eigenvalue weighted by Gasteiger charge is -2.24. The molecule has 1 aliphatic rings. The van der Waals surface area contributed by atoms with Gasteiger partial charge in [-0.1, -0.05) is 0 Å². The van der Waals surface area contributed by atoms with E-state index in [1.807, 2.05) is 0 Å². The highest BCUT2D eigenvalue weighted by Crippen LogP contribution is 2.25. The number of rotatable bonds is 4. The van der Waals surface area contributed by atoms with Crippen molar-refractivity contribution in [2.45, 2.75) is 31.8 Å². The Balaban J connectivity index is 2.23. The molecule has 1 unspecified atom stereocenters. The maximum atomic E-state index is 13.6. The normalized spacial score (nSPS) is 18.6. The summed E-state index contributed by atoms with van der Waals surface area (Å²) in [4.78, 5) is 23.5. The van der Waals surface area contributed by atoms with Gasteiger partial charge in [0.2, 0.25) is 5.91 Å². The molecule has 20 heavy (non-hydrogen) atoms. The van der Waals surface area contributed by atoms with Gasteiger partial charge in [0, 0.05) is 30.6 Å². The zero-order valence-corrected chi connectivity index (χ0v) is 10.4. The predicted octanol–water partition coefficient (Wildman–Crippen LogP) is 2.07. The van der Waals surface area contributed by atoms with Crippen LogP contribution in [0.15, 0.2) is 12.1 Å². The van der Waals surface area contributed by atoms with Crippen molar-refractivity contribution in [3.05, 3.63) is 35.1 Å². The number of carboxylic acids is 1. The lowest BCUT2D eigenvalue weighted by atomic mass is 10.1. The van der Waals surface area contributed by atoms with Gasteiger partial charge in [0.1, 0.15) is 5.82 Å². The zero-order valence-electron chi connectivity index (χ0n) is 10.4. The summed E-state index contributed by atoms with van der Waals surface area (Å²) in [5, 5.41) is 8.75. The largest absolute Gasteiger partial charge is 0.481 e. The van der Waals surface area contributed by atoms with Crippen LogP contribution in [0.3, 0.4) is 0 Å². The number of likely N-dealkylation sites (tertiary alicyclic amines) is 1. The summed E-state index contributed by atoms with van der Waals surface area (Å²) in [6, 6.07) is 0.645. The van der Waals surface area contributed by atoms with Crippen LogP contribution in [-0.2, 0) is 16.1 Å². The Kier molecular flexibility index (Phi) is 3.96. The molecule has 1 saturated heterocycles. The number of halogens is 3. The number of amides is 1. The Bertz CT molecular complexity index is 562. The van der Waals surface area contributed by atoms with Crippen LogP contribution in [0, 0.1) is 17.5 Å². The second-order valence-corrected chi connectivity index (χ2v) is 4.67. The maximum Gasteiger partial charge on any atom is 0.305 e. The van der Waals surface area contributed by atoms with Gasteiger partial charge in [0.15, 0.2) is 11.6 Å². The fraction of sp³-hybridized carbons (Fsp3) is 0.385. The fourth-order valence-corrected chi connectivity index (χ4v) is 2.33. The average Bonchev–Trinajstić information content (AvgIpc) is 2.67. The van der Waals surface area contributed by atoms with E-state index in [0.29, 0.717) is 12.5 Å². The van der Waals surface area contributed by atoms with Crippen molar-refractivity contribution in [1.82, 2.24) is 4.90 Å². The van der Waals surface area contributed by atoms with Crippen LogP contribution < -0.4 is 0 Å². The number of hydrogen-bond acceptors (Lipinski definition) is 2. The minimum absolute atomic E-state index is 0.150. The first-order valence-corrected chi connectivity index (χ1v) is 6.03. The number of carbonyl (C=O) groups is 2. The van der Waals surface area contributed by atoms with E-state index in [1.54, 1.807) is 0 Å². The number of benzene rings is 1. The van der Waals surface area contributed by atoms with Gasteiger partial charge < -0.3 is 10.0 Å². The molecule has 0 radical (unpaired) electrons. The Morgan fingerprint density at radius 1 is 1.35 bits per heavy atom. The second kappa shape index (κ2) is 5.52. The maximum absolute atomic E-state index is 13.6. The molecule has 1 amide bonds. The Morgan fingerprint density at radius 3 is 2.70 bits per heavy atom. The molecular weight excluding hydrogens is 275 g/mol. The standard InChI is InChI=1S/C13H12F3NO3/c14-8-3-7(13(16)10(15)4-8)6-17-9(5-12(19)20)1-2-11(17)18/h3-4,9H,1-2,5-6H2,(H,19,20). The molecule has 1 aromatic carbocycles. The van der Waals surface area contributed by atoms with Crippen molar-refractivity contribution >= 4 is 11.9 Å². The summed E-state index contributed by atoms with van der Waals surface area (Å²) < 4.78 is 39.7. The van der Waals surface area contributed by atoms with Gasteiger partial charge in [-0.05, 0) is 12.5 Å². The third-order valence-electron chi connectivity index (χ3n) is 3.27. The van der Waals surface area contributed by atoms with E-state index in [4.69, 9.17) is 5.11 Å². The first-order chi connectivity index (χ1) is 9.38. The summed E-state index contributed by atoms with van der Waals surface area (Å²) in [7, 11) is 0. The van der Waals surface area contributed by atoms with E-state index in [2.05, 4.69) is 0 Å². The fourth-order valence-electron chi connectivity index (χ4n) is 2.33. The Labute approximate surface area is 112 Å². The van der Waals surface area contributed by atoms with Crippen molar-refractivity contribution < 1.29 is 27.9 Å². The van der Waals surface area contributed by atoms with Gasteiger partial charge in [0.05, 0.1) is 6.42 Å². The molecule has 1 N–H and O–H groups in total. The Hall–Kier alpha value is -2.05. The van der Waals surface area contributed by atoms with Gasteiger partial charge in [-0.3, -0.25) is 9.59 Å². The van der Waals surface area contributed by atoms with Crippen molar-refractivity contribution in [3.8, 4) is 0 Å². The van der Waals surface area contributed by atoms with Gasteiger partial charge in [-0.15, -0.1) is 0 Å². The second-order valence-electron chi connectivity index (χ2n) is 4.67. The van der Waals surface area contributed by atoms with Crippen LogP contribution in [0.1, 0.15) is 24.8 Å². The first kappa shape index (κ1) is 14.4. The molecule has 4 nitrogen and oxygen atoms in total. The summed E-state index contributed by atoms with van der Waals surface area (Å²) in [5.41, 5.74) is -0.298. The monoisotopic (exact) mass is 287 g/mol. The summed E-state index contributed by atoms with van der Waals surface area (Å²) in [5.74, 6) is -4.93. The van der Waals surface area contributed by atoms with Crippen LogP contribution in [0.4, 0.5) is 13.2 Å². The molecular formula is C13H12F3NO3. The van der Waals surface area contributed by atoms with Crippen molar-refractivity contribution in [2.24, 2.45) is 0 Å². The number of hydrogen-bond donors (Lipinski definition) is 1. The van der Waals surface area contributed by atoms with Crippen LogP contribution in [-0.4, -0.2) is 27.9 Å². The van der Waals surface area contributed by atoms with Crippen molar-refractivity contribution in [1.29, 1.82) is 0 Å². The predicted molar refractivity (Wildman–Crippen MR) is 62.1 cm³/mol. The van der Waals surface area contributed by atoms with Crippen LogP contribution >= 0.6 is 0 Å². The van der Waals surface area contributed by atoms with E-state index >= 15 is 0 Å². The van der Waals surface area contributed by atoms with E-state index in [-0.39, 0.29) is 30.9 Å². The number of carboxylic acid groups (broad SMARTS) is 1. The van der Waals surface area contributed by atoms with Gasteiger partial charge in [-0.25, -0.2) is 13.2 Å². The molecule has 1 atom stereocenters. The molecule has 0 bridgehead atoms. The summed E-state index contributed by atoms with van der Waals surface area (Å²) >= 11 is 0. The molecule has 0 spiro atoms. The third kappa shape index (κ3) is 2.92. The molecule has 7 heteroatoms. The van der Waals surface area contributed by atoms with Crippen molar-refractivity contribution in [3.63, 3.8) is 0 Å². The third-order valence-corrected chi connectivity index (χ3v) is 3.27. The van der Waals surface area contributed by atoms with Gasteiger partial charge >= 0.3 is 5.97 Å². The first-order valence-electron chi connectivity index (χ1n) is 6.03. The summed E-state index contributed by atoms with van der Waals surface area (Å²) in [6.45, 7) is -0.336. The van der Waals surface area contributed by atoms with Crippen molar-refractivity contribution in [2.75, 3.05) is 0 Å². The van der Waals surface area contributed by atoms with Gasteiger partial charge in [0.25, 0.3) is 0 Å². The molecule has 1 aromatic rings. The number of aliphatic carboxylic acids is 1. The minimum Gasteiger partial charge on any atom is -0.481 e. The molecule has 0 saturated carbocycles. The lowest BCUT2D eigenvalue weighted by Crippen LogP contribution is -2.34. The smallest absolute Gasteiger partial charge is 0.305 e. The highest BCUT2D eigenvalue weighted by atomic mass is 19.2. The van der Waals surface area contributed by atoms with E-state index in [9.17, 15) is 22.8 Å².